The maximum Gasteiger partial charge on any atom is 0.495 e. The molecule has 0 saturated carbocycles. The van der Waals surface area contributed by atoms with Gasteiger partial charge in [0.2, 0.25) is 0 Å². The summed E-state index contributed by atoms with van der Waals surface area (Å²) in [5.41, 5.74) is 12.0. The van der Waals surface area contributed by atoms with E-state index in [2.05, 4.69) is 120 Å². The maximum absolute atomic E-state index is 6.51. The molecule has 5 aliphatic rings. The second-order valence-corrected chi connectivity index (χ2v) is 12.7. The van der Waals surface area contributed by atoms with Gasteiger partial charge in [-0.15, -0.1) is 0 Å². The lowest BCUT2D eigenvalue weighted by atomic mass is 9.62. The molecular weight excluding hydrogens is 491 g/mol. The van der Waals surface area contributed by atoms with Crippen LogP contribution in [0.4, 0.5) is 0 Å². The molecule has 0 spiro atoms. The predicted molar refractivity (Wildman–Crippen MR) is 165 cm³/mol. The van der Waals surface area contributed by atoms with Crippen LogP contribution in [-0.2, 0) is 9.31 Å². The molecule has 4 aliphatic carbocycles. The molecule has 0 bridgehead atoms. The summed E-state index contributed by atoms with van der Waals surface area (Å²) in [7, 11) is -0.432. The van der Waals surface area contributed by atoms with E-state index in [1.165, 1.54) is 39.0 Å². The minimum atomic E-state index is -0.432. The quantitative estimate of drug-likeness (QED) is 0.255. The highest BCUT2D eigenvalue weighted by Crippen LogP contribution is 2.53. The Balaban J connectivity index is 1.33. The lowest BCUT2D eigenvalue weighted by molar-refractivity contribution is 0.00578. The van der Waals surface area contributed by atoms with Crippen molar-refractivity contribution in [3.63, 3.8) is 0 Å². The highest BCUT2D eigenvalue weighted by atomic mass is 16.7. The maximum atomic E-state index is 6.51. The molecule has 40 heavy (non-hydrogen) atoms. The van der Waals surface area contributed by atoms with Crippen molar-refractivity contribution in [3.8, 4) is 0 Å². The van der Waals surface area contributed by atoms with Crippen LogP contribution < -0.4 is 5.46 Å². The van der Waals surface area contributed by atoms with Gasteiger partial charge in [-0.05, 0) is 90.7 Å². The summed E-state index contributed by atoms with van der Waals surface area (Å²) in [5.74, 6) is 0.756. The first-order chi connectivity index (χ1) is 19.3. The summed E-state index contributed by atoms with van der Waals surface area (Å²) in [6.07, 6.45) is 19.5. The molecule has 2 unspecified atom stereocenters. The third-order valence-corrected chi connectivity index (χ3v) is 9.96. The lowest BCUT2D eigenvalue weighted by Gasteiger charge is -2.41. The fourth-order valence-corrected chi connectivity index (χ4v) is 7.21. The van der Waals surface area contributed by atoms with Crippen LogP contribution in [0.15, 0.2) is 117 Å². The topological polar surface area (TPSA) is 31.3 Å². The van der Waals surface area contributed by atoms with Gasteiger partial charge in [-0.2, -0.15) is 0 Å². The van der Waals surface area contributed by atoms with E-state index in [1.54, 1.807) is 0 Å². The van der Waals surface area contributed by atoms with E-state index < -0.39 is 18.3 Å². The van der Waals surface area contributed by atoms with Crippen LogP contribution in [0.1, 0.15) is 46.6 Å². The van der Waals surface area contributed by atoms with Crippen molar-refractivity contribution >= 4 is 40.1 Å². The Morgan fingerprint density at radius 2 is 1.60 bits per heavy atom. The van der Waals surface area contributed by atoms with Gasteiger partial charge in [0.25, 0.3) is 11.2 Å². The third kappa shape index (κ3) is 3.27. The Kier molecular flexibility index (Phi) is 4.98. The third-order valence-electron chi connectivity index (χ3n) is 9.96. The number of furan rings is 1. The molecule has 2 heterocycles. The molecule has 1 saturated heterocycles. The Morgan fingerprint density at radius 3 is 2.40 bits per heavy atom. The number of rotatable bonds is 3. The first kappa shape index (κ1) is 24.2. The van der Waals surface area contributed by atoms with Crippen LogP contribution in [0.5, 0.6) is 0 Å². The van der Waals surface area contributed by atoms with Crippen LogP contribution in [0, 0.1) is 11.8 Å². The Labute approximate surface area is 236 Å². The Hall–Kier alpha value is -3.60. The Bertz CT molecular complexity index is 1830. The van der Waals surface area contributed by atoms with Crippen LogP contribution >= 0.6 is 0 Å². The van der Waals surface area contributed by atoms with Crippen molar-refractivity contribution in [2.75, 3.05) is 0 Å². The molecule has 3 aromatic rings. The number of allylic oxidation sites excluding steroid dienone is 14. The summed E-state index contributed by atoms with van der Waals surface area (Å²) in [4.78, 5) is 0. The molecule has 1 fully saturated rings. The predicted octanol–water partition coefficient (Wildman–Crippen LogP) is 8.27. The summed E-state index contributed by atoms with van der Waals surface area (Å²) in [6, 6.07) is 13.1. The van der Waals surface area contributed by atoms with E-state index in [9.17, 15) is 0 Å². The fourth-order valence-electron chi connectivity index (χ4n) is 7.21. The van der Waals surface area contributed by atoms with Gasteiger partial charge in [0.1, 0.15) is 0 Å². The molecular formula is C36H34BO3+. The molecule has 2 aromatic carbocycles. The zero-order chi connectivity index (χ0) is 27.4. The van der Waals surface area contributed by atoms with E-state index in [4.69, 9.17) is 13.7 Å². The number of hydrogen-bond donors (Lipinski definition) is 0. The minimum absolute atomic E-state index is 0.358. The number of hydrogen-bond acceptors (Lipinski definition) is 2. The van der Waals surface area contributed by atoms with Crippen LogP contribution in [0.3, 0.4) is 0 Å². The van der Waals surface area contributed by atoms with E-state index in [0.29, 0.717) is 11.8 Å². The van der Waals surface area contributed by atoms with Crippen molar-refractivity contribution in [1.82, 2.24) is 0 Å². The molecule has 4 heteroatoms. The fraction of sp³-hybridized carbons (Fsp3) is 0.278. The summed E-state index contributed by atoms with van der Waals surface area (Å²) < 4.78 is 18.0. The zero-order valence-electron chi connectivity index (χ0n) is 23.8. The normalized spacial score (nSPS) is 25.7. The monoisotopic (exact) mass is 525 g/mol. The molecule has 198 valence electrons. The van der Waals surface area contributed by atoms with Gasteiger partial charge in [-0.25, -0.2) is 0 Å². The van der Waals surface area contributed by atoms with Gasteiger partial charge >= 0.3 is 7.12 Å². The first-order valence-corrected chi connectivity index (χ1v) is 14.5. The van der Waals surface area contributed by atoms with Crippen molar-refractivity contribution in [3.05, 3.63) is 118 Å². The molecule has 1 aromatic heterocycles. The van der Waals surface area contributed by atoms with Gasteiger partial charge in [-0.1, -0.05) is 67.7 Å². The van der Waals surface area contributed by atoms with Gasteiger partial charge in [0, 0.05) is 24.0 Å². The summed E-state index contributed by atoms with van der Waals surface area (Å²) in [6.45, 7) is 10.7. The van der Waals surface area contributed by atoms with Crippen molar-refractivity contribution in [2.45, 2.75) is 52.2 Å². The van der Waals surface area contributed by atoms with Crippen LogP contribution in [-0.4, -0.2) is 18.3 Å². The van der Waals surface area contributed by atoms with Gasteiger partial charge in [0.05, 0.1) is 22.0 Å². The standard InChI is InChI=1S/C36H33BO3/c1-6-21-19-24-14-13-22-9-7-10-23-15-17-26(33(24)32(22)23)31(21)25-16-18-29-27(20-25)34-28(11-8-12-30(34)38-29)37-39-35(2,3)36(4,5)40-37/h7-20,32-33H,6H2,1-5H3/p+1. The first-order valence-electron chi connectivity index (χ1n) is 14.5. The summed E-state index contributed by atoms with van der Waals surface area (Å²) >= 11 is 0. The van der Waals surface area contributed by atoms with Crippen molar-refractivity contribution in [2.24, 2.45) is 11.8 Å². The number of fused-ring (bicyclic) bond motifs is 3. The highest BCUT2D eigenvalue weighted by Gasteiger charge is 2.52. The molecule has 0 radical (unpaired) electrons. The van der Waals surface area contributed by atoms with E-state index >= 15 is 0 Å². The number of benzene rings is 2. The van der Waals surface area contributed by atoms with Crippen LogP contribution in [0.2, 0.25) is 0 Å². The SMILES string of the molecule is CCC1=CC2=CC=C3C=CC=C4C=CC(=C1c1ccc5[oH+]c6cccc(B7OC(C)(C)C(C)(C)O7)c6c5c1)C2C43. The smallest absolute Gasteiger partial charge is 0.495 e. The zero-order valence-corrected chi connectivity index (χ0v) is 23.8. The van der Waals surface area contributed by atoms with E-state index in [1.807, 2.05) is 0 Å². The summed E-state index contributed by atoms with van der Waals surface area (Å²) in [5, 5.41) is 2.29. The van der Waals surface area contributed by atoms with Gasteiger partial charge in [0.15, 0.2) is 0 Å². The average Bonchev–Trinajstić information content (AvgIpc) is 3.43. The molecule has 2 atom stereocenters. The lowest BCUT2D eigenvalue weighted by Crippen LogP contribution is -2.41. The van der Waals surface area contributed by atoms with E-state index in [0.717, 1.165) is 33.8 Å². The molecule has 1 aliphatic heterocycles. The molecule has 1 N–H and O–H groups in total. The van der Waals surface area contributed by atoms with Gasteiger partial charge < -0.3 is 13.7 Å². The van der Waals surface area contributed by atoms with Crippen LogP contribution in [0.25, 0.3) is 27.5 Å². The average molecular weight is 525 g/mol. The molecule has 0 amide bonds. The second kappa shape index (κ2) is 8.22. The minimum Gasteiger partial charge on any atom is -0.545 e. The Morgan fingerprint density at radius 1 is 0.825 bits per heavy atom. The van der Waals surface area contributed by atoms with Gasteiger partial charge in [-0.3, -0.25) is 0 Å². The molecule has 8 rings (SSSR count). The van der Waals surface area contributed by atoms with Crippen molar-refractivity contribution < 1.29 is 13.7 Å². The second-order valence-electron chi connectivity index (χ2n) is 12.7. The van der Waals surface area contributed by atoms with Crippen molar-refractivity contribution in [1.29, 1.82) is 0 Å². The largest absolute Gasteiger partial charge is 0.545 e. The molecule has 3 nitrogen and oxygen atoms in total. The van der Waals surface area contributed by atoms with E-state index in [-0.39, 0.29) is 0 Å². The highest BCUT2D eigenvalue weighted by molar-refractivity contribution is 6.66.